The molecule has 0 N–H and O–H groups in total. The van der Waals surface area contributed by atoms with Crippen molar-refractivity contribution in [2.24, 2.45) is 0 Å². The summed E-state index contributed by atoms with van der Waals surface area (Å²) in [6.07, 6.45) is 0. The van der Waals surface area contributed by atoms with Gasteiger partial charge in [-0.2, -0.15) is 4.31 Å². The van der Waals surface area contributed by atoms with E-state index in [1.165, 1.54) is 15.4 Å². The van der Waals surface area contributed by atoms with E-state index in [0.717, 1.165) is 26.6 Å². The highest BCUT2D eigenvalue weighted by Gasteiger charge is 2.22. The molecule has 0 atom stereocenters. The first-order chi connectivity index (χ1) is 13.4. The molecule has 0 unspecified atom stereocenters. The number of rotatable bonds is 5. The van der Waals surface area contributed by atoms with Crippen molar-refractivity contribution in [3.63, 3.8) is 0 Å². The van der Waals surface area contributed by atoms with Crippen LogP contribution in [0.15, 0.2) is 41.3 Å². The van der Waals surface area contributed by atoms with Gasteiger partial charge in [0.2, 0.25) is 15.0 Å². The Labute approximate surface area is 168 Å². The van der Waals surface area contributed by atoms with E-state index in [4.69, 9.17) is 0 Å². The zero-order valence-electron chi connectivity index (χ0n) is 16.3. The van der Waals surface area contributed by atoms with Crippen molar-refractivity contribution in [3.8, 4) is 11.4 Å². The summed E-state index contributed by atoms with van der Waals surface area (Å²) in [6.45, 7) is 8.78. The van der Waals surface area contributed by atoms with Gasteiger partial charge < -0.3 is 0 Å². The molecule has 0 aliphatic heterocycles. The third-order valence-electron chi connectivity index (χ3n) is 5.18. The van der Waals surface area contributed by atoms with Crippen molar-refractivity contribution in [2.75, 3.05) is 13.1 Å². The minimum Gasteiger partial charge on any atom is -0.265 e. The van der Waals surface area contributed by atoms with Crippen LogP contribution in [0.4, 0.5) is 0 Å². The van der Waals surface area contributed by atoms with Crippen LogP contribution in [0.5, 0.6) is 0 Å². The van der Waals surface area contributed by atoms with E-state index in [1.807, 2.05) is 26.0 Å². The van der Waals surface area contributed by atoms with Gasteiger partial charge in [-0.3, -0.25) is 4.40 Å². The third-order valence-corrected chi connectivity index (χ3v) is 8.24. The minimum atomic E-state index is -3.47. The van der Waals surface area contributed by atoms with Gasteiger partial charge in [-0.1, -0.05) is 31.3 Å². The van der Waals surface area contributed by atoms with Gasteiger partial charge in [0.05, 0.1) is 15.1 Å². The molecule has 0 amide bonds. The number of fused-ring (bicyclic) bond motifs is 3. The van der Waals surface area contributed by atoms with Crippen molar-refractivity contribution < 1.29 is 8.42 Å². The highest BCUT2D eigenvalue weighted by molar-refractivity contribution is 7.89. The van der Waals surface area contributed by atoms with Gasteiger partial charge in [0.15, 0.2) is 5.82 Å². The Morgan fingerprint density at radius 1 is 1.00 bits per heavy atom. The number of hydrogen-bond acceptors (Lipinski definition) is 5. The predicted octanol–water partition coefficient (Wildman–Crippen LogP) is 4.26. The summed E-state index contributed by atoms with van der Waals surface area (Å²) in [5.74, 6) is 0.724. The maximum Gasteiger partial charge on any atom is 0.243 e. The molecule has 0 aliphatic carbocycles. The molecule has 0 bridgehead atoms. The molecule has 8 heteroatoms. The Morgan fingerprint density at radius 3 is 2.32 bits per heavy atom. The average Bonchev–Trinajstić information content (AvgIpc) is 3.25. The van der Waals surface area contributed by atoms with E-state index >= 15 is 0 Å². The Kier molecular flexibility index (Phi) is 4.73. The van der Waals surface area contributed by atoms with Gasteiger partial charge in [0.1, 0.15) is 0 Å². The molecule has 2 heterocycles. The second kappa shape index (κ2) is 6.95. The molecular formula is C20H22N4O2S2. The standard InChI is InChI=1S/C20H22N4O2S2/c1-5-23(6-2)28(25,26)16-10-8-15(9-11-16)19-21-22-20-24(19)18-14(4)13(3)7-12-17(18)27-20/h7-12H,5-6H2,1-4H3. The lowest BCUT2D eigenvalue weighted by Crippen LogP contribution is -2.30. The molecule has 146 valence electrons. The quantitative estimate of drug-likeness (QED) is 0.489. The Morgan fingerprint density at radius 2 is 1.68 bits per heavy atom. The zero-order valence-corrected chi connectivity index (χ0v) is 17.9. The maximum absolute atomic E-state index is 12.7. The van der Waals surface area contributed by atoms with E-state index in [0.29, 0.717) is 18.0 Å². The normalized spacial score (nSPS) is 12.5. The number of thiazole rings is 1. The van der Waals surface area contributed by atoms with E-state index in [1.54, 1.807) is 23.5 Å². The minimum absolute atomic E-state index is 0.294. The fourth-order valence-electron chi connectivity index (χ4n) is 3.45. The number of sulfonamides is 1. The molecule has 28 heavy (non-hydrogen) atoms. The molecule has 0 saturated heterocycles. The van der Waals surface area contributed by atoms with Gasteiger partial charge in [-0.25, -0.2) is 8.42 Å². The summed E-state index contributed by atoms with van der Waals surface area (Å²) in [4.78, 5) is 1.13. The maximum atomic E-state index is 12.7. The van der Waals surface area contributed by atoms with E-state index in [-0.39, 0.29) is 0 Å². The monoisotopic (exact) mass is 414 g/mol. The number of hydrogen-bond donors (Lipinski definition) is 0. The first kappa shape index (κ1) is 19.0. The van der Waals surface area contributed by atoms with Gasteiger partial charge in [-0.05, 0) is 55.3 Å². The van der Waals surface area contributed by atoms with Crippen molar-refractivity contribution >= 4 is 36.5 Å². The molecule has 4 rings (SSSR count). The number of aromatic nitrogens is 3. The summed E-state index contributed by atoms with van der Waals surface area (Å²) in [5, 5.41) is 8.70. The van der Waals surface area contributed by atoms with Gasteiger partial charge in [0.25, 0.3) is 0 Å². The van der Waals surface area contributed by atoms with Crippen LogP contribution < -0.4 is 0 Å². The third kappa shape index (κ3) is 2.83. The predicted molar refractivity (Wildman–Crippen MR) is 113 cm³/mol. The highest BCUT2D eigenvalue weighted by atomic mass is 32.2. The summed E-state index contributed by atoms with van der Waals surface area (Å²) in [5.41, 5.74) is 4.37. The molecule has 4 aromatic rings. The lowest BCUT2D eigenvalue weighted by atomic mass is 10.1. The molecule has 0 aliphatic rings. The van der Waals surface area contributed by atoms with Crippen molar-refractivity contribution in [1.29, 1.82) is 0 Å². The van der Waals surface area contributed by atoms with Crippen LogP contribution in [0, 0.1) is 13.8 Å². The number of nitrogens with zero attached hydrogens (tertiary/aromatic N) is 4. The molecule has 2 aromatic heterocycles. The second-order valence-electron chi connectivity index (χ2n) is 6.71. The van der Waals surface area contributed by atoms with Crippen LogP contribution >= 0.6 is 11.3 Å². The fourth-order valence-corrected chi connectivity index (χ4v) is 5.93. The molecule has 6 nitrogen and oxygen atoms in total. The fraction of sp³-hybridized carbons (Fsp3) is 0.300. The highest BCUT2D eigenvalue weighted by Crippen LogP contribution is 2.33. The van der Waals surface area contributed by atoms with Crippen molar-refractivity contribution in [1.82, 2.24) is 18.9 Å². The molecule has 0 radical (unpaired) electrons. The van der Waals surface area contributed by atoms with Crippen molar-refractivity contribution in [3.05, 3.63) is 47.5 Å². The van der Waals surface area contributed by atoms with E-state index < -0.39 is 10.0 Å². The molecule has 0 saturated carbocycles. The first-order valence-electron chi connectivity index (χ1n) is 9.23. The smallest absolute Gasteiger partial charge is 0.243 e. The van der Waals surface area contributed by atoms with E-state index in [9.17, 15) is 8.42 Å². The molecule has 0 spiro atoms. The second-order valence-corrected chi connectivity index (χ2v) is 9.66. The number of benzene rings is 2. The molecule has 0 fully saturated rings. The van der Waals surface area contributed by atoms with Crippen LogP contribution in [0.1, 0.15) is 25.0 Å². The van der Waals surface area contributed by atoms with Crippen LogP contribution in [0.3, 0.4) is 0 Å². The summed E-state index contributed by atoms with van der Waals surface area (Å²) >= 11 is 1.60. The van der Waals surface area contributed by atoms with Crippen LogP contribution in [0.25, 0.3) is 26.6 Å². The van der Waals surface area contributed by atoms with Crippen molar-refractivity contribution in [2.45, 2.75) is 32.6 Å². The summed E-state index contributed by atoms with van der Waals surface area (Å²) in [6, 6.07) is 11.1. The van der Waals surface area contributed by atoms with Crippen LogP contribution in [-0.2, 0) is 10.0 Å². The number of aryl methyl sites for hydroxylation is 2. The first-order valence-corrected chi connectivity index (χ1v) is 11.5. The molecule has 2 aromatic carbocycles. The van der Waals surface area contributed by atoms with Gasteiger partial charge in [0, 0.05) is 18.7 Å². The van der Waals surface area contributed by atoms with E-state index in [2.05, 4.69) is 40.6 Å². The van der Waals surface area contributed by atoms with Crippen LogP contribution in [0.2, 0.25) is 0 Å². The summed E-state index contributed by atoms with van der Waals surface area (Å²) in [7, 11) is -3.47. The lowest BCUT2D eigenvalue weighted by molar-refractivity contribution is 0.445. The average molecular weight is 415 g/mol. The Balaban J connectivity index is 1.84. The topological polar surface area (TPSA) is 67.6 Å². The zero-order chi connectivity index (χ0) is 20.1. The largest absolute Gasteiger partial charge is 0.265 e. The van der Waals surface area contributed by atoms with Gasteiger partial charge >= 0.3 is 0 Å². The molecular weight excluding hydrogens is 392 g/mol. The summed E-state index contributed by atoms with van der Waals surface area (Å²) < 4.78 is 30.1. The lowest BCUT2D eigenvalue weighted by Gasteiger charge is -2.18. The SMILES string of the molecule is CCN(CC)S(=O)(=O)c1ccc(-c2nnc3sc4ccc(C)c(C)c4n23)cc1. The Bertz CT molecular complexity index is 1270. The van der Waals surface area contributed by atoms with Gasteiger partial charge in [-0.15, -0.1) is 10.2 Å². The van der Waals surface area contributed by atoms with Crippen LogP contribution in [-0.4, -0.2) is 40.4 Å². The Hall–Kier alpha value is -2.29.